The summed E-state index contributed by atoms with van der Waals surface area (Å²) in [6.07, 6.45) is 3.59. The molecule has 2 saturated heterocycles. The number of rotatable bonds is 16. The number of ether oxygens (including phenoxy) is 2. The van der Waals surface area contributed by atoms with Crippen LogP contribution >= 0.6 is 11.6 Å². The number of carbonyl (C=O) groups excluding carboxylic acids is 2. The second-order valence-electron chi connectivity index (χ2n) is 18.1. The number of nitrogens with zero attached hydrogens (tertiary/aromatic N) is 3. The maximum absolute atomic E-state index is 16.1. The van der Waals surface area contributed by atoms with Gasteiger partial charge in [0.05, 0.1) is 40.5 Å². The van der Waals surface area contributed by atoms with Crippen molar-refractivity contribution >= 4 is 47.0 Å². The SMILES string of the molecule is CCOC(=O)C(F)(F)c1ccc(B2OC(C)(C)C(C)(CC3CCN(C[C@@H](NC(=O)C(F)(F)c4ccc(-c5ccc6cn(C)nc6c5)cc4)[C@H](O)c4ccc(OC5CC5)c(Cl)c4)C3)O2)cc1. The van der Waals surface area contributed by atoms with Crippen LogP contribution in [0, 0.1) is 5.92 Å². The summed E-state index contributed by atoms with van der Waals surface area (Å²) in [6, 6.07) is 20.0. The van der Waals surface area contributed by atoms with Gasteiger partial charge in [0.15, 0.2) is 0 Å². The zero-order chi connectivity index (χ0) is 46.5. The van der Waals surface area contributed by atoms with Crippen molar-refractivity contribution in [1.29, 1.82) is 0 Å². The second kappa shape index (κ2) is 18.0. The molecule has 0 spiro atoms. The highest BCUT2D eigenvalue weighted by Gasteiger charge is 2.56. The molecule has 3 fully saturated rings. The Balaban J connectivity index is 0.959. The van der Waals surface area contributed by atoms with Crippen molar-refractivity contribution < 1.29 is 51.0 Å². The minimum absolute atomic E-state index is 0.0346. The first kappa shape index (κ1) is 46.5. The molecule has 17 heteroatoms. The van der Waals surface area contributed by atoms with Gasteiger partial charge in [-0.15, -0.1) is 0 Å². The van der Waals surface area contributed by atoms with Crippen molar-refractivity contribution in [3.63, 3.8) is 0 Å². The molecule has 3 heterocycles. The molecular weight excluding hydrogens is 867 g/mol. The lowest BCUT2D eigenvalue weighted by Gasteiger charge is -2.38. The third kappa shape index (κ3) is 9.78. The van der Waals surface area contributed by atoms with E-state index in [0.717, 1.165) is 41.4 Å². The monoisotopic (exact) mass is 918 g/mol. The fourth-order valence-corrected chi connectivity index (χ4v) is 8.92. The van der Waals surface area contributed by atoms with E-state index in [0.29, 0.717) is 48.3 Å². The summed E-state index contributed by atoms with van der Waals surface area (Å²) in [5.41, 5.74) is 0.359. The van der Waals surface area contributed by atoms with E-state index in [1.807, 2.05) is 57.1 Å². The minimum atomic E-state index is -3.95. The van der Waals surface area contributed by atoms with Gasteiger partial charge in [0.25, 0.3) is 5.91 Å². The molecule has 2 unspecified atom stereocenters. The molecule has 0 bridgehead atoms. The molecule has 4 aromatic carbocycles. The molecule has 5 aromatic rings. The van der Waals surface area contributed by atoms with Gasteiger partial charge in [-0.3, -0.25) is 9.48 Å². The van der Waals surface area contributed by atoms with Crippen molar-refractivity contribution in [2.75, 3.05) is 26.2 Å². The molecule has 2 aliphatic heterocycles. The molecule has 4 atom stereocenters. The van der Waals surface area contributed by atoms with Gasteiger partial charge in [0, 0.05) is 42.8 Å². The molecular formula is C48H52BClF4N4O7. The molecule has 2 N–H and O–H groups in total. The van der Waals surface area contributed by atoms with Crippen molar-refractivity contribution in [3.05, 3.63) is 113 Å². The number of nitrogens with one attached hydrogen (secondary N) is 1. The molecule has 65 heavy (non-hydrogen) atoms. The normalized spacial score (nSPS) is 21.1. The number of aromatic nitrogens is 2. The molecule has 1 aliphatic carbocycles. The van der Waals surface area contributed by atoms with Crippen LogP contribution in [-0.4, -0.2) is 88.4 Å². The summed E-state index contributed by atoms with van der Waals surface area (Å²) >= 11 is 6.57. The third-order valence-corrected chi connectivity index (χ3v) is 13.2. The predicted octanol–water partition coefficient (Wildman–Crippen LogP) is 8.09. The van der Waals surface area contributed by atoms with Gasteiger partial charge in [-0.2, -0.15) is 22.7 Å². The van der Waals surface area contributed by atoms with Gasteiger partial charge in [-0.1, -0.05) is 78.3 Å². The van der Waals surface area contributed by atoms with Crippen molar-refractivity contribution in [2.45, 2.75) is 94.7 Å². The van der Waals surface area contributed by atoms with Crippen LogP contribution < -0.4 is 15.5 Å². The van der Waals surface area contributed by atoms with Crippen LogP contribution in [0.4, 0.5) is 17.6 Å². The van der Waals surface area contributed by atoms with E-state index in [2.05, 4.69) is 15.2 Å². The lowest BCUT2D eigenvalue weighted by molar-refractivity contribution is -0.173. The Morgan fingerprint density at radius 1 is 0.938 bits per heavy atom. The Morgan fingerprint density at radius 3 is 2.29 bits per heavy atom. The number of aliphatic hydroxyl groups excluding tert-OH is 1. The van der Waals surface area contributed by atoms with Gasteiger partial charge >= 0.3 is 24.9 Å². The first-order chi connectivity index (χ1) is 30.8. The topological polar surface area (TPSA) is 124 Å². The summed E-state index contributed by atoms with van der Waals surface area (Å²) in [6.45, 7) is 8.07. The zero-order valence-electron chi connectivity index (χ0n) is 36.8. The molecule has 1 saturated carbocycles. The van der Waals surface area contributed by atoms with E-state index in [1.54, 1.807) is 28.9 Å². The van der Waals surface area contributed by atoms with Crippen LogP contribution in [0.2, 0.25) is 5.02 Å². The third-order valence-electron chi connectivity index (χ3n) is 12.9. The number of hydrogen-bond acceptors (Lipinski definition) is 9. The highest BCUT2D eigenvalue weighted by molar-refractivity contribution is 6.62. The van der Waals surface area contributed by atoms with Gasteiger partial charge in [-0.25, -0.2) is 4.79 Å². The Morgan fingerprint density at radius 2 is 1.62 bits per heavy atom. The van der Waals surface area contributed by atoms with Gasteiger partial charge in [0.2, 0.25) is 0 Å². The number of amides is 1. The number of carbonyl (C=O) groups is 2. The number of hydrogen-bond donors (Lipinski definition) is 2. The number of likely N-dealkylation sites (tertiary alicyclic amines) is 1. The first-order valence-corrected chi connectivity index (χ1v) is 22.2. The Hall–Kier alpha value is -5.00. The van der Waals surface area contributed by atoms with E-state index in [1.165, 1.54) is 37.3 Å². The minimum Gasteiger partial charge on any atom is -0.489 e. The average molecular weight is 919 g/mol. The number of alkyl halides is 4. The van der Waals surface area contributed by atoms with E-state index in [4.69, 9.17) is 25.6 Å². The highest BCUT2D eigenvalue weighted by Crippen LogP contribution is 2.44. The molecule has 11 nitrogen and oxygen atoms in total. The van der Waals surface area contributed by atoms with E-state index in [-0.39, 0.29) is 30.2 Å². The number of aryl methyl sites for hydroxylation is 1. The maximum Gasteiger partial charge on any atom is 0.494 e. The lowest BCUT2D eigenvalue weighted by atomic mass is 9.78. The fraction of sp³-hybridized carbons (Fsp3) is 0.438. The van der Waals surface area contributed by atoms with Crippen LogP contribution in [0.3, 0.4) is 0 Å². The van der Waals surface area contributed by atoms with E-state index in [9.17, 15) is 23.5 Å². The number of aliphatic hydroxyl groups is 1. The van der Waals surface area contributed by atoms with Crippen LogP contribution in [0.15, 0.2) is 91.1 Å². The first-order valence-electron chi connectivity index (χ1n) is 21.9. The van der Waals surface area contributed by atoms with Gasteiger partial charge in [0.1, 0.15) is 11.9 Å². The quantitative estimate of drug-likeness (QED) is 0.0575. The van der Waals surface area contributed by atoms with Crippen LogP contribution in [0.25, 0.3) is 22.0 Å². The number of halogens is 5. The number of fused-ring (bicyclic) bond motifs is 1. The summed E-state index contributed by atoms with van der Waals surface area (Å²) < 4.78 is 86.7. The van der Waals surface area contributed by atoms with E-state index >= 15 is 8.78 Å². The predicted molar refractivity (Wildman–Crippen MR) is 238 cm³/mol. The standard InChI is InChI=1S/C48H52BClF4N4O7/c1-6-62-44(61)48(53,54)35-14-16-36(17-15-35)49-64-45(2,3)46(4,65-49)25-29-21-22-58(26-29)28-40(42(59)32-11-20-41(38(50)23-32)63-37-18-19-37)55-43(60)47(51,52)34-12-9-30(10-13-34)31-7-8-33-27-57(5)56-39(33)24-31/h7-17,20,23-24,27,29,37,40,42,59H,6,18-19,21-22,25-26,28H2,1-5H3,(H,55,60)/t29?,40-,42-,46?/m1/s1. The molecule has 1 aromatic heterocycles. The van der Waals surface area contributed by atoms with Crippen LogP contribution in [0.1, 0.15) is 76.2 Å². The Bertz CT molecular complexity index is 2540. The lowest BCUT2D eigenvalue weighted by Crippen LogP contribution is -2.51. The average Bonchev–Trinajstić information content (AvgIpc) is 3.76. The smallest absolute Gasteiger partial charge is 0.489 e. The summed E-state index contributed by atoms with van der Waals surface area (Å²) in [5, 5.41) is 20.0. The molecule has 1 amide bonds. The molecule has 8 rings (SSSR count). The van der Waals surface area contributed by atoms with Gasteiger partial charge in [-0.05, 0) is 106 Å². The maximum atomic E-state index is 16.1. The highest BCUT2D eigenvalue weighted by atomic mass is 35.5. The summed E-state index contributed by atoms with van der Waals surface area (Å²) in [7, 11) is 0.939. The van der Waals surface area contributed by atoms with Crippen molar-refractivity contribution in [3.8, 4) is 16.9 Å². The molecule has 0 radical (unpaired) electrons. The Labute approximate surface area is 380 Å². The summed E-state index contributed by atoms with van der Waals surface area (Å²) in [4.78, 5) is 27.6. The molecule has 3 aliphatic rings. The Kier molecular flexibility index (Phi) is 12.9. The van der Waals surface area contributed by atoms with Crippen molar-refractivity contribution in [2.24, 2.45) is 13.0 Å². The molecule has 344 valence electrons. The fourth-order valence-electron chi connectivity index (χ4n) is 8.69. The van der Waals surface area contributed by atoms with Crippen LogP contribution in [0.5, 0.6) is 5.75 Å². The zero-order valence-corrected chi connectivity index (χ0v) is 37.6. The number of esters is 1. The van der Waals surface area contributed by atoms with Crippen molar-refractivity contribution in [1.82, 2.24) is 20.0 Å². The second-order valence-corrected chi connectivity index (χ2v) is 18.5. The van der Waals surface area contributed by atoms with Gasteiger partial charge < -0.3 is 34.1 Å². The number of benzene rings is 4. The van der Waals surface area contributed by atoms with E-state index < -0.39 is 65.3 Å². The summed E-state index contributed by atoms with van der Waals surface area (Å²) in [5.74, 6) is -10.5. The largest absolute Gasteiger partial charge is 0.494 e. The van der Waals surface area contributed by atoms with Crippen LogP contribution in [-0.2, 0) is 42.5 Å².